The molecular formula is C57H35N5O. The van der Waals surface area contributed by atoms with Crippen LogP contribution in [0.15, 0.2) is 217 Å². The van der Waals surface area contributed by atoms with Gasteiger partial charge >= 0.3 is 0 Å². The Morgan fingerprint density at radius 3 is 1.51 bits per heavy atom. The fourth-order valence-corrected chi connectivity index (χ4v) is 9.46. The number of furan rings is 1. The Morgan fingerprint density at radius 2 is 0.794 bits per heavy atom. The summed E-state index contributed by atoms with van der Waals surface area (Å²) in [6.45, 7) is 0. The molecular weight excluding hydrogens is 771 g/mol. The first-order valence-electron chi connectivity index (χ1n) is 21.2. The lowest BCUT2D eigenvalue weighted by atomic mass is 10.0. The molecule has 13 rings (SSSR count). The molecule has 0 saturated heterocycles. The lowest BCUT2D eigenvalue weighted by molar-refractivity contribution is 0.669. The van der Waals surface area contributed by atoms with E-state index in [0.717, 1.165) is 93.7 Å². The van der Waals surface area contributed by atoms with Gasteiger partial charge in [0.15, 0.2) is 11.6 Å². The van der Waals surface area contributed by atoms with Crippen LogP contribution in [0.1, 0.15) is 0 Å². The predicted molar refractivity (Wildman–Crippen MR) is 258 cm³/mol. The smallest absolute Gasteiger partial charge is 0.238 e. The summed E-state index contributed by atoms with van der Waals surface area (Å²) in [5, 5.41) is 6.67. The van der Waals surface area contributed by atoms with Crippen LogP contribution in [0.25, 0.3) is 122 Å². The molecule has 6 nitrogen and oxygen atoms in total. The lowest BCUT2D eigenvalue weighted by Crippen LogP contribution is -2.07. The van der Waals surface area contributed by atoms with Gasteiger partial charge in [-0.3, -0.25) is 4.57 Å². The zero-order chi connectivity index (χ0) is 41.4. The quantitative estimate of drug-likeness (QED) is 0.168. The molecule has 0 spiro atoms. The Labute approximate surface area is 361 Å². The molecule has 0 aliphatic carbocycles. The minimum Gasteiger partial charge on any atom is -0.456 e. The summed E-state index contributed by atoms with van der Waals surface area (Å²) in [7, 11) is 0. The third-order valence-electron chi connectivity index (χ3n) is 12.4. The normalized spacial score (nSPS) is 11.8. The molecule has 0 unspecified atom stereocenters. The van der Waals surface area contributed by atoms with Crippen molar-refractivity contribution in [1.29, 1.82) is 0 Å². The lowest BCUT2D eigenvalue weighted by Gasteiger charge is -2.14. The fraction of sp³-hybridized carbons (Fsp3) is 0. The molecule has 0 radical (unpaired) electrons. The standard InChI is InChI=1S/C57H35N5O/c1-3-14-36(15-4-1)38-26-28-39(29-27-38)55-58-56(41-30-31-46-45-22-9-12-25-51(45)63-52(46)35-41)60-57(59-55)62-50-24-11-8-21-44(50)48-33-32-47-43-20-7-10-23-49(43)61(53(47)54(48)62)42-19-13-18-40(34-42)37-16-5-2-6-17-37/h1-35H. The molecule has 9 aromatic carbocycles. The molecule has 13 aromatic rings. The second kappa shape index (κ2) is 14.0. The van der Waals surface area contributed by atoms with Gasteiger partial charge in [-0.1, -0.05) is 170 Å². The maximum atomic E-state index is 6.39. The molecule has 6 heteroatoms. The van der Waals surface area contributed by atoms with E-state index in [-0.39, 0.29) is 0 Å². The van der Waals surface area contributed by atoms with Crippen molar-refractivity contribution in [2.45, 2.75) is 0 Å². The molecule has 0 aliphatic rings. The SMILES string of the molecule is c1ccc(-c2ccc(-c3nc(-c4ccc5c(c4)oc4ccccc45)nc(-n4c5ccccc5c5ccc6c7ccccc7n(-c7cccc(-c8ccccc8)c7)c6c54)n3)cc2)cc1. The third-order valence-corrected chi connectivity index (χ3v) is 12.4. The molecule has 294 valence electrons. The number of fused-ring (bicyclic) bond motifs is 10. The maximum Gasteiger partial charge on any atom is 0.238 e. The van der Waals surface area contributed by atoms with Crippen molar-refractivity contribution in [2.75, 3.05) is 0 Å². The van der Waals surface area contributed by atoms with E-state index in [0.29, 0.717) is 17.6 Å². The van der Waals surface area contributed by atoms with Crippen LogP contribution >= 0.6 is 0 Å². The van der Waals surface area contributed by atoms with Crippen LogP contribution in [0.5, 0.6) is 0 Å². The first-order valence-corrected chi connectivity index (χ1v) is 21.2. The Kier molecular flexibility index (Phi) is 7.80. The number of aromatic nitrogens is 5. The van der Waals surface area contributed by atoms with Crippen molar-refractivity contribution in [2.24, 2.45) is 0 Å². The van der Waals surface area contributed by atoms with Crippen molar-refractivity contribution in [1.82, 2.24) is 24.1 Å². The van der Waals surface area contributed by atoms with Crippen molar-refractivity contribution in [3.8, 4) is 56.7 Å². The minimum atomic E-state index is 0.528. The number of para-hydroxylation sites is 3. The number of benzene rings is 9. The summed E-state index contributed by atoms with van der Waals surface area (Å²) in [4.78, 5) is 16.0. The number of rotatable bonds is 6. The summed E-state index contributed by atoms with van der Waals surface area (Å²) in [5.41, 5.74) is 13.2. The molecule has 0 aliphatic heterocycles. The highest BCUT2D eigenvalue weighted by molar-refractivity contribution is 6.23. The Hall–Kier alpha value is -8.61. The van der Waals surface area contributed by atoms with Crippen LogP contribution in [-0.2, 0) is 0 Å². The van der Waals surface area contributed by atoms with Crippen LogP contribution in [0.4, 0.5) is 0 Å². The largest absolute Gasteiger partial charge is 0.456 e. The van der Waals surface area contributed by atoms with Crippen molar-refractivity contribution in [3.05, 3.63) is 212 Å². The molecule has 63 heavy (non-hydrogen) atoms. The van der Waals surface area contributed by atoms with Gasteiger partial charge in [0.2, 0.25) is 5.95 Å². The molecule has 4 heterocycles. The Balaban J connectivity index is 1.11. The Morgan fingerprint density at radius 1 is 0.302 bits per heavy atom. The summed E-state index contributed by atoms with van der Waals surface area (Å²) in [6.07, 6.45) is 0. The summed E-state index contributed by atoms with van der Waals surface area (Å²) >= 11 is 0. The zero-order valence-corrected chi connectivity index (χ0v) is 33.9. The number of nitrogens with zero attached hydrogens (tertiary/aromatic N) is 5. The van der Waals surface area contributed by atoms with Gasteiger partial charge in [0.1, 0.15) is 11.2 Å². The van der Waals surface area contributed by atoms with Crippen LogP contribution in [0.3, 0.4) is 0 Å². The average Bonchev–Trinajstić information content (AvgIpc) is 4.02. The monoisotopic (exact) mass is 805 g/mol. The molecule has 4 aromatic heterocycles. The van der Waals surface area contributed by atoms with Crippen LogP contribution in [0.2, 0.25) is 0 Å². The van der Waals surface area contributed by atoms with Crippen LogP contribution < -0.4 is 0 Å². The van der Waals surface area contributed by atoms with Gasteiger partial charge < -0.3 is 8.98 Å². The first kappa shape index (κ1) is 35.2. The summed E-state index contributed by atoms with van der Waals surface area (Å²) in [5.74, 6) is 1.66. The van der Waals surface area contributed by atoms with Gasteiger partial charge in [-0.05, 0) is 64.7 Å². The first-order chi connectivity index (χ1) is 31.2. The second-order valence-electron chi connectivity index (χ2n) is 16.0. The van der Waals surface area contributed by atoms with Crippen LogP contribution in [-0.4, -0.2) is 24.1 Å². The van der Waals surface area contributed by atoms with E-state index in [9.17, 15) is 0 Å². The highest BCUT2D eigenvalue weighted by Crippen LogP contribution is 2.42. The topological polar surface area (TPSA) is 61.7 Å². The van der Waals surface area contributed by atoms with Crippen molar-refractivity contribution >= 4 is 65.6 Å². The van der Waals surface area contributed by atoms with Gasteiger partial charge in [0.05, 0.1) is 22.1 Å². The average molecular weight is 806 g/mol. The van der Waals surface area contributed by atoms with Gasteiger partial charge in [-0.2, -0.15) is 9.97 Å². The number of hydrogen-bond acceptors (Lipinski definition) is 4. The van der Waals surface area contributed by atoms with E-state index >= 15 is 0 Å². The maximum absolute atomic E-state index is 6.39. The minimum absolute atomic E-state index is 0.528. The molecule has 0 bridgehead atoms. The molecule has 0 atom stereocenters. The highest BCUT2D eigenvalue weighted by atomic mass is 16.3. The van der Waals surface area contributed by atoms with Gasteiger partial charge in [0, 0.05) is 49.1 Å². The van der Waals surface area contributed by atoms with Gasteiger partial charge in [0.25, 0.3) is 0 Å². The van der Waals surface area contributed by atoms with E-state index in [1.54, 1.807) is 0 Å². The molecule has 0 saturated carbocycles. The number of hydrogen-bond donors (Lipinski definition) is 0. The van der Waals surface area contributed by atoms with E-state index in [4.69, 9.17) is 19.4 Å². The highest BCUT2D eigenvalue weighted by Gasteiger charge is 2.24. The Bertz CT molecular complexity index is 3900. The zero-order valence-electron chi connectivity index (χ0n) is 33.9. The second-order valence-corrected chi connectivity index (χ2v) is 16.0. The third kappa shape index (κ3) is 5.62. The summed E-state index contributed by atoms with van der Waals surface area (Å²) < 4.78 is 11.1. The predicted octanol–water partition coefficient (Wildman–Crippen LogP) is 14.6. The van der Waals surface area contributed by atoms with Gasteiger partial charge in [-0.15, -0.1) is 0 Å². The van der Waals surface area contributed by atoms with E-state index in [1.165, 1.54) is 10.9 Å². The van der Waals surface area contributed by atoms with E-state index in [2.05, 4.69) is 197 Å². The van der Waals surface area contributed by atoms with Crippen molar-refractivity contribution < 1.29 is 4.42 Å². The fourth-order valence-electron chi connectivity index (χ4n) is 9.46. The summed E-state index contributed by atoms with van der Waals surface area (Å²) in [6, 6.07) is 74.5. The van der Waals surface area contributed by atoms with E-state index < -0.39 is 0 Å². The van der Waals surface area contributed by atoms with Crippen LogP contribution in [0, 0.1) is 0 Å². The van der Waals surface area contributed by atoms with Gasteiger partial charge in [-0.25, -0.2) is 4.98 Å². The molecule has 0 N–H and O–H groups in total. The molecule has 0 fully saturated rings. The van der Waals surface area contributed by atoms with Crippen molar-refractivity contribution in [3.63, 3.8) is 0 Å². The van der Waals surface area contributed by atoms with E-state index in [1.807, 2.05) is 24.3 Å². The molecule has 0 amide bonds.